The van der Waals surface area contributed by atoms with Gasteiger partial charge in [-0.3, -0.25) is 14.9 Å². The maximum Gasteiger partial charge on any atom is 0.416 e. The third kappa shape index (κ3) is 6.33. The Bertz CT molecular complexity index is 904. The van der Waals surface area contributed by atoms with E-state index in [0.717, 1.165) is 18.2 Å². The fourth-order valence-corrected chi connectivity index (χ4v) is 2.50. The summed E-state index contributed by atoms with van der Waals surface area (Å²) in [6.45, 7) is 0.157. The molecule has 7 nitrogen and oxygen atoms in total. The second-order valence-corrected chi connectivity index (χ2v) is 6.09. The Balaban J connectivity index is 2.24. The van der Waals surface area contributed by atoms with E-state index in [4.69, 9.17) is 25.8 Å². The first-order chi connectivity index (χ1) is 13.6. The third-order valence-corrected chi connectivity index (χ3v) is 3.92. The molecule has 2 aromatic carbocycles. The van der Waals surface area contributed by atoms with Gasteiger partial charge in [0, 0.05) is 18.7 Å². The van der Waals surface area contributed by atoms with Crippen LogP contribution >= 0.6 is 11.6 Å². The fourth-order valence-electron chi connectivity index (χ4n) is 2.28. The number of ether oxygens (including phenoxy) is 3. The quantitative estimate of drug-likeness (QED) is 0.257. The number of alkyl halides is 3. The van der Waals surface area contributed by atoms with Crippen LogP contribution in [0.5, 0.6) is 11.5 Å². The van der Waals surface area contributed by atoms with Crippen LogP contribution in [-0.4, -0.2) is 31.2 Å². The van der Waals surface area contributed by atoms with Crippen LogP contribution in [0.2, 0.25) is 5.02 Å². The zero-order chi connectivity index (χ0) is 21.6. The van der Waals surface area contributed by atoms with Gasteiger partial charge in [-0.15, -0.1) is 0 Å². The van der Waals surface area contributed by atoms with E-state index in [-0.39, 0.29) is 41.0 Å². The van der Waals surface area contributed by atoms with Crippen LogP contribution in [0, 0.1) is 10.1 Å². The number of benzene rings is 2. The average Bonchev–Trinajstić information content (AvgIpc) is 2.62. The zero-order valence-electron chi connectivity index (χ0n) is 15.0. The van der Waals surface area contributed by atoms with Gasteiger partial charge < -0.3 is 14.2 Å². The van der Waals surface area contributed by atoms with Crippen molar-refractivity contribution in [3.05, 3.63) is 62.7 Å². The molecule has 2 rings (SSSR count). The molecule has 0 heterocycles. The minimum atomic E-state index is -4.56. The van der Waals surface area contributed by atoms with Crippen LogP contribution in [-0.2, 0) is 26.9 Å². The van der Waals surface area contributed by atoms with Crippen LogP contribution in [0.25, 0.3) is 0 Å². The molecule has 0 aliphatic carbocycles. The largest absolute Gasteiger partial charge is 0.463 e. The second-order valence-electron chi connectivity index (χ2n) is 5.68. The Morgan fingerprint density at radius 1 is 1.17 bits per heavy atom. The molecule has 0 spiro atoms. The molecule has 0 saturated carbocycles. The van der Waals surface area contributed by atoms with Crippen molar-refractivity contribution in [1.29, 1.82) is 0 Å². The summed E-state index contributed by atoms with van der Waals surface area (Å²) in [6.07, 6.45) is -4.97. The fraction of sp³-hybridized carbons (Fsp3) is 0.278. The van der Waals surface area contributed by atoms with Gasteiger partial charge in [-0.05, 0) is 30.3 Å². The SMILES string of the molecule is COCCOC(=O)Cc1cc(Oc2ccc(C(F)(F)F)cc2Cl)ccc1[N+](=O)[O-]. The van der Waals surface area contributed by atoms with E-state index < -0.39 is 29.1 Å². The van der Waals surface area contributed by atoms with E-state index in [2.05, 4.69) is 0 Å². The van der Waals surface area contributed by atoms with Crippen LogP contribution < -0.4 is 4.74 Å². The number of rotatable bonds is 8. The van der Waals surface area contributed by atoms with E-state index in [1.165, 1.54) is 19.2 Å². The molecular formula is C18H15ClF3NO6. The van der Waals surface area contributed by atoms with Gasteiger partial charge in [-0.1, -0.05) is 11.6 Å². The zero-order valence-corrected chi connectivity index (χ0v) is 15.7. The lowest BCUT2D eigenvalue weighted by atomic mass is 10.1. The van der Waals surface area contributed by atoms with Crippen molar-refractivity contribution in [1.82, 2.24) is 0 Å². The van der Waals surface area contributed by atoms with Gasteiger partial charge in [0.25, 0.3) is 5.69 Å². The lowest BCUT2D eigenvalue weighted by Gasteiger charge is -2.12. The number of nitrogens with zero attached hydrogens (tertiary/aromatic N) is 1. The van der Waals surface area contributed by atoms with Gasteiger partial charge in [0.05, 0.1) is 28.5 Å². The van der Waals surface area contributed by atoms with Crippen LogP contribution in [0.15, 0.2) is 36.4 Å². The number of hydrogen-bond acceptors (Lipinski definition) is 6. The van der Waals surface area contributed by atoms with E-state index >= 15 is 0 Å². The first-order valence-corrected chi connectivity index (χ1v) is 8.46. The Morgan fingerprint density at radius 3 is 2.48 bits per heavy atom. The molecule has 0 amide bonds. The number of esters is 1. The van der Waals surface area contributed by atoms with Crippen LogP contribution in [0.1, 0.15) is 11.1 Å². The summed E-state index contributed by atoms with van der Waals surface area (Å²) in [6, 6.07) is 6.11. The smallest absolute Gasteiger partial charge is 0.416 e. The van der Waals surface area contributed by atoms with Gasteiger partial charge in [-0.2, -0.15) is 13.2 Å². The topological polar surface area (TPSA) is 87.9 Å². The number of hydrogen-bond donors (Lipinski definition) is 0. The third-order valence-electron chi connectivity index (χ3n) is 3.62. The predicted octanol–water partition coefficient (Wildman–Crippen LogP) is 4.79. The minimum absolute atomic E-state index is 0.0120. The van der Waals surface area contributed by atoms with Gasteiger partial charge >= 0.3 is 12.1 Å². The molecule has 11 heteroatoms. The maximum absolute atomic E-state index is 12.7. The van der Waals surface area contributed by atoms with Gasteiger partial charge in [0.1, 0.15) is 18.1 Å². The number of carbonyl (C=O) groups is 1. The summed E-state index contributed by atoms with van der Waals surface area (Å²) in [5, 5.41) is 10.9. The van der Waals surface area contributed by atoms with Gasteiger partial charge in [0.2, 0.25) is 0 Å². The number of methoxy groups -OCH3 is 1. The molecule has 0 fully saturated rings. The Morgan fingerprint density at radius 2 is 1.90 bits per heavy atom. The minimum Gasteiger partial charge on any atom is -0.463 e. The molecule has 0 unspecified atom stereocenters. The monoisotopic (exact) mass is 433 g/mol. The van der Waals surface area contributed by atoms with Crippen molar-refractivity contribution >= 4 is 23.3 Å². The standard InChI is InChI=1S/C18H15ClF3NO6/c1-27-6-7-28-17(24)9-11-8-13(3-4-15(11)23(25)26)29-16-5-2-12(10-14(16)19)18(20,21)22/h2-5,8,10H,6-7,9H2,1H3. The molecule has 0 N–H and O–H groups in total. The van der Waals surface area contributed by atoms with E-state index in [0.29, 0.717) is 6.07 Å². The summed E-state index contributed by atoms with van der Waals surface area (Å²) in [7, 11) is 1.42. The van der Waals surface area contributed by atoms with Gasteiger partial charge in [-0.25, -0.2) is 0 Å². The highest BCUT2D eigenvalue weighted by Crippen LogP contribution is 2.37. The van der Waals surface area contributed by atoms with Crippen molar-refractivity contribution < 1.29 is 37.1 Å². The highest BCUT2D eigenvalue weighted by Gasteiger charge is 2.31. The van der Waals surface area contributed by atoms with Gasteiger partial charge in [0.15, 0.2) is 0 Å². The Hall–Kier alpha value is -2.85. The summed E-state index contributed by atoms with van der Waals surface area (Å²) in [4.78, 5) is 22.4. The van der Waals surface area contributed by atoms with Crippen molar-refractivity contribution in [3.8, 4) is 11.5 Å². The number of carbonyl (C=O) groups excluding carboxylic acids is 1. The molecule has 2 aromatic rings. The van der Waals surface area contributed by atoms with Crippen molar-refractivity contribution in [2.75, 3.05) is 20.3 Å². The second kappa shape index (κ2) is 9.57. The lowest BCUT2D eigenvalue weighted by molar-refractivity contribution is -0.385. The van der Waals surface area contributed by atoms with Crippen molar-refractivity contribution in [3.63, 3.8) is 0 Å². The molecule has 0 saturated heterocycles. The summed E-state index contributed by atoms with van der Waals surface area (Å²) < 4.78 is 53.2. The highest BCUT2D eigenvalue weighted by molar-refractivity contribution is 6.32. The Kier molecular flexibility index (Phi) is 7.40. The van der Waals surface area contributed by atoms with E-state index in [1.807, 2.05) is 0 Å². The average molecular weight is 434 g/mol. The van der Waals surface area contributed by atoms with Crippen LogP contribution in [0.4, 0.5) is 18.9 Å². The lowest BCUT2D eigenvalue weighted by Crippen LogP contribution is -2.13. The normalized spacial score (nSPS) is 11.2. The summed E-state index contributed by atoms with van der Waals surface area (Å²) in [5.41, 5.74) is -1.27. The first kappa shape index (κ1) is 22.4. The highest BCUT2D eigenvalue weighted by atomic mass is 35.5. The summed E-state index contributed by atoms with van der Waals surface area (Å²) >= 11 is 5.84. The molecule has 29 heavy (non-hydrogen) atoms. The van der Waals surface area contributed by atoms with E-state index in [1.54, 1.807) is 0 Å². The number of nitro benzene ring substituents is 1. The van der Waals surface area contributed by atoms with Crippen molar-refractivity contribution in [2.24, 2.45) is 0 Å². The molecule has 0 radical (unpaired) electrons. The molecule has 156 valence electrons. The molecule has 0 bridgehead atoms. The van der Waals surface area contributed by atoms with Crippen molar-refractivity contribution in [2.45, 2.75) is 12.6 Å². The Labute approximate surface area is 168 Å². The molecule has 0 aliphatic rings. The molecule has 0 aliphatic heterocycles. The number of halogens is 4. The molecular weight excluding hydrogens is 419 g/mol. The van der Waals surface area contributed by atoms with E-state index in [9.17, 15) is 28.1 Å². The molecule has 0 atom stereocenters. The predicted molar refractivity (Wildman–Crippen MR) is 96.2 cm³/mol. The number of nitro groups is 1. The van der Waals surface area contributed by atoms with Crippen LogP contribution in [0.3, 0.4) is 0 Å². The maximum atomic E-state index is 12.7. The molecule has 0 aromatic heterocycles. The summed E-state index contributed by atoms with van der Waals surface area (Å²) in [5.74, 6) is -0.742. The first-order valence-electron chi connectivity index (χ1n) is 8.08.